The zero-order valence-electron chi connectivity index (χ0n) is 19.3. The van der Waals surface area contributed by atoms with Crippen molar-refractivity contribution in [2.24, 2.45) is 4.99 Å². The van der Waals surface area contributed by atoms with Crippen molar-refractivity contribution in [2.45, 2.75) is 26.9 Å². The van der Waals surface area contributed by atoms with Gasteiger partial charge in [-0.15, -0.1) is 0 Å². The molecule has 3 aromatic rings. The number of aromatic nitrogens is 1. The second-order valence-electron chi connectivity index (χ2n) is 7.65. The van der Waals surface area contributed by atoms with Gasteiger partial charge in [0.2, 0.25) is 5.88 Å². The van der Waals surface area contributed by atoms with Gasteiger partial charge in [-0.1, -0.05) is 12.1 Å². The van der Waals surface area contributed by atoms with Crippen LogP contribution in [0, 0.1) is 19.3 Å². The summed E-state index contributed by atoms with van der Waals surface area (Å²) in [4.78, 5) is 20.8. The lowest BCUT2D eigenvalue weighted by molar-refractivity contribution is -0.137. The standard InChI is InChI=1S/C26H23F3N4O2/c1-16(11-13-31-15-30)21-8-5-12-32-25(21)35-23-17(2)9-10-22(18(23)3)33-24(34)19-6-4-7-20(14-19)26(27,28)29/h4-15,30H,1-3H3,(H,33,34)/b16-11+,30-15?,31-13?. The molecule has 0 aliphatic carbocycles. The quantitative estimate of drug-likeness (QED) is 0.287. The third-order valence-corrected chi connectivity index (χ3v) is 5.18. The van der Waals surface area contributed by atoms with Gasteiger partial charge in [-0.25, -0.2) is 9.98 Å². The fraction of sp³-hybridized carbons (Fsp3) is 0.154. The number of ether oxygens (including phenoxy) is 1. The maximum Gasteiger partial charge on any atom is 0.416 e. The van der Waals surface area contributed by atoms with Crippen LogP contribution in [0.15, 0.2) is 65.8 Å². The van der Waals surface area contributed by atoms with Crippen molar-refractivity contribution in [1.82, 2.24) is 4.98 Å². The van der Waals surface area contributed by atoms with Gasteiger partial charge in [-0.2, -0.15) is 13.2 Å². The average Bonchev–Trinajstić information content (AvgIpc) is 2.83. The molecule has 2 N–H and O–H groups in total. The molecule has 0 bridgehead atoms. The van der Waals surface area contributed by atoms with Crippen molar-refractivity contribution in [3.05, 3.63) is 88.6 Å². The van der Waals surface area contributed by atoms with E-state index in [-0.39, 0.29) is 5.56 Å². The molecular weight excluding hydrogens is 457 g/mol. The number of benzene rings is 2. The molecule has 0 aliphatic rings. The van der Waals surface area contributed by atoms with Crippen LogP contribution in [0.1, 0.15) is 39.5 Å². The van der Waals surface area contributed by atoms with Crippen LogP contribution in [-0.4, -0.2) is 23.4 Å². The Morgan fingerprint density at radius 2 is 1.91 bits per heavy atom. The third kappa shape index (κ3) is 6.20. The topological polar surface area (TPSA) is 87.4 Å². The molecule has 9 heteroatoms. The molecule has 1 amide bonds. The van der Waals surface area contributed by atoms with Crippen LogP contribution in [-0.2, 0) is 6.18 Å². The van der Waals surface area contributed by atoms with Crippen LogP contribution in [0.2, 0.25) is 0 Å². The zero-order chi connectivity index (χ0) is 25.6. The summed E-state index contributed by atoms with van der Waals surface area (Å²) in [7, 11) is 0. The first kappa shape index (κ1) is 25.4. The number of amides is 1. The van der Waals surface area contributed by atoms with Crippen molar-refractivity contribution in [2.75, 3.05) is 5.32 Å². The number of aryl methyl sites for hydroxylation is 1. The summed E-state index contributed by atoms with van der Waals surface area (Å²) in [6.45, 7) is 5.43. The van der Waals surface area contributed by atoms with Gasteiger partial charge in [0.25, 0.3) is 5.91 Å². The molecule has 3 rings (SSSR count). The van der Waals surface area contributed by atoms with Crippen molar-refractivity contribution >= 4 is 29.7 Å². The van der Waals surface area contributed by atoms with Gasteiger partial charge in [0.05, 0.1) is 5.56 Å². The molecule has 1 aromatic heterocycles. The summed E-state index contributed by atoms with van der Waals surface area (Å²) in [6.07, 6.45) is 1.17. The number of alkyl halides is 3. The minimum Gasteiger partial charge on any atom is -0.438 e. The maximum absolute atomic E-state index is 13.0. The summed E-state index contributed by atoms with van der Waals surface area (Å²) in [6, 6.07) is 11.2. The van der Waals surface area contributed by atoms with Crippen molar-refractivity contribution < 1.29 is 22.7 Å². The molecule has 0 atom stereocenters. The first-order valence-electron chi connectivity index (χ1n) is 10.5. The predicted molar refractivity (Wildman–Crippen MR) is 131 cm³/mol. The fourth-order valence-electron chi connectivity index (χ4n) is 3.31. The minimum atomic E-state index is -4.55. The number of nitrogens with zero attached hydrogens (tertiary/aromatic N) is 2. The fourth-order valence-corrected chi connectivity index (χ4v) is 3.31. The number of rotatable bonds is 7. The number of anilines is 1. The van der Waals surface area contributed by atoms with Crippen molar-refractivity contribution in [3.8, 4) is 11.6 Å². The summed E-state index contributed by atoms with van der Waals surface area (Å²) < 4.78 is 45.2. The summed E-state index contributed by atoms with van der Waals surface area (Å²) in [5.41, 5.74) is 2.28. The molecule has 35 heavy (non-hydrogen) atoms. The Morgan fingerprint density at radius 1 is 1.14 bits per heavy atom. The van der Waals surface area contributed by atoms with E-state index in [1.165, 1.54) is 18.3 Å². The number of aliphatic imine (C=N–C) groups is 1. The van der Waals surface area contributed by atoms with Gasteiger partial charge in [0.1, 0.15) is 12.1 Å². The number of hydrogen-bond acceptors (Lipinski definition) is 4. The predicted octanol–water partition coefficient (Wildman–Crippen LogP) is 6.84. The van der Waals surface area contributed by atoms with Crippen LogP contribution in [0.4, 0.5) is 18.9 Å². The molecular formula is C26H23F3N4O2. The molecule has 0 radical (unpaired) electrons. The van der Waals surface area contributed by atoms with E-state index in [1.54, 1.807) is 37.4 Å². The second-order valence-corrected chi connectivity index (χ2v) is 7.65. The third-order valence-electron chi connectivity index (χ3n) is 5.18. The van der Waals surface area contributed by atoms with Crippen LogP contribution in [0.25, 0.3) is 5.57 Å². The highest BCUT2D eigenvalue weighted by atomic mass is 19.4. The Kier molecular flexibility index (Phi) is 7.80. The van der Waals surface area contributed by atoms with Crippen LogP contribution in [0.5, 0.6) is 11.6 Å². The van der Waals surface area contributed by atoms with Gasteiger partial charge < -0.3 is 10.1 Å². The van der Waals surface area contributed by atoms with E-state index in [0.29, 0.717) is 28.4 Å². The van der Waals surface area contributed by atoms with E-state index in [9.17, 15) is 18.0 Å². The number of carbonyl (C=O) groups excluding carboxylic acids is 1. The largest absolute Gasteiger partial charge is 0.438 e. The van der Waals surface area contributed by atoms with E-state index >= 15 is 0 Å². The van der Waals surface area contributed by atoms with Crippen LogP contribution < -0.4 is 10.1 Å². The van der Waals surface area contributed by atoms with Crippen molar-refractivity contribution in [3.63, 3.8) is 0 Å². The minimum absolute atomic E-state index is 0.110. The number of pyridine rings is 1. The lowest BCUT2D eigenvalue weighted by Crippen LogP contribution is -2.15. The molecule has 180 valence electrons. The molecule has 0 aliphatic heterocycles. The monoisotopic (exact) mass is 480 g/mol. The van der Waals surface area contributed by atoms with Crippen LogP contribution in [0.3, 0.4) is 0 Å². The summed E-state index contributed by atoms with van der Waals surface area (Å²) >= 11 is 0. The van der Waals surface area contributed by atoms with Gasteiger partial charge in [-0.05, 0) is 74.4 Å². The maximum atomic E-state index is 13.0. The Morgan fingerprint density at radius 3 is 2.63 bits per heavy atom. The van der Waals surface area contributed by atoms with Crippen LogP contribution >= 0.6 is 0 Å². The molecule has 0 saturated heterocycles. The number of halogens is 3. The Bertz CT molecular complexity index is 1310. The average molecular weight is 480 g/mol. The Hall–Kier alpha value is -4.27. The van der Waals surface area contributed by atoms with Gasteiger partial charge in [0, 0.05) is 34.8 Å². The highest BCUT2D eigenvalue weighted by Crippen LogP contribution is 2.36. The number of carbonyl (C=O) groups is 1. The molecule has 0 spiro atoms. The second kappa shape index (κ2) is 10.8. The number of hydrogen-bond donors (Lipinski definition) is 2. The SMILES string of the molecule is C/C(=C\C=NC=N)c1cccnc1Oc1c(C)ccc(NC(=O)c2cccc(C(F)(F)F)c2)c1C. The van der Waals surface area contributed by atoms with Gasteiger partial charge in [-0.3, -0.25) is 10.2 Å². The molecule has 2 aromatic carbocycles. The normalized spacial score (nSPS) is 12.0. The highest BCUT2D eigenvalue weighted by molar-refractivity contribution is 6.05. The van der Waals surface area contributed by atoms with Gasteiger partial charge in [0.15, 0.2) is 0 Å². The Labute approximate surface area is 200 Å². The molecule has 0 unspecified atom stereocenters. The molecule has 1 heterocycles. The lowest BCUT2D eigenvalue weighted by Gasteiger charge is -2.17. The lowest BCUT2D eigenvalue weighted by atomic mass is 10.1. The molecule has 0 saturated carbocycles. The highest BCUT2D eigenvalue weighted by Gasteiger charge is 2.31. The van der Waals surface area contributed by atoms with E-state index in [2.05, 4.69) is 15.3 Å². The first-order chi connectivity index (χ1) is 16.6. The van der Waals surface area contributed by atoms with Gasteiger partial charge >= 0.3 is 6.18 Å². The van der Waals surface area contributed by atoms with E-state index in [0.717, 1.165) is 29.6 Å². The zero-order valence-corrected chi connectivity index (χ0v) is 19.3. The smallest absolute Gasteiger partial charge is 0.416 e. The molecule has 0 fully saturated rings. The van der Waals surface area contributed by atoms with E-state index < -0.39 is 17.6 Å². The molecule has 6 nitrogen and oxygen atoms in total. The van der Waals surface area contributed by atoms with E-state index in [1.807, 2.05) is 19.9 Å². The Balaban J connectivity index is 1.91. The number of nitrogens with one attached hydrogen (secondary N) is 2. The van der Waals surface area contributed by atoms with E-state index in [4.69, 9.17) is 10.1 Å². The first-order valence-corrected chi connectivity index (χ1v) is 10.5. The van der Waals surface area contributed by atoms with Crippen molar-refractivity contribution in [1.29, 1.82) is 5.41 Å². The number of allylic oxidation sites excluding steroid dienone is 2. The summed E-state index contributed by atoms with van der Waals surface area (Å²) in [5.74, 6) is 0.126. The summed E-state index contributed by atoms with van der Waals surface area (Å²) in [5, 5.41) is 9.66.